The summed E-state index contributed by atoms with van der Waals surface area (Å²) in [4.78, 5) is 47.6. The monoisotopic (exact) mass is 388 g/mol. The third kappa shape index (κ3) is 7.09. The maximum Gasteiger partial charge on any atom is 0.329 e. The van der Waals surface area contributed by atoms with Crippen LogP contribution in [0.15, 0.2) is 5.11 Å². The lowest BCUT2D eigenvalue weighted by Crippen LogP contribution is -2.65. The fourth-order valence-corrected chi connectivity index (χ4v) is 2.49. The second-order valence-electron chi connectivity index (χ2n) is 5.54. The highest BCUT2D eigenvalue weighted by Gasteiger charge is 2.49. The molecule has 0 aromatic carbocycles. The summed E-state index contributed by atoms with van der Waals surface area (Å²) >= 11 is 0. The molecule has 1 amide bonds. The number of aliphatic carboxylic acids is 1. The Balaban J connectivity index is 3.26. The molecule has 0 saturated carbocycles. The molecule has 0 aliphatic carbocycles. The number of carbonyl (C=O) groups is 4. The molecule has 0 radical (unpaired) electrons. The van der Waals surface area contributed by atoms with Crippen LogP contribution in [0.4, 0.5) is 0 Å². The van der Waals surface area contributed by atoms with E-state index in [2.05, 4.69) is 15.3 Å². The SMILES string of the molecule is CC(=O)N[C@H]1C(OC(C)=O)[C@H](OCC(=O)O)C(COC(C)=O)O[C@H]1N=[N+]=[N-]. The molecule has 13 nitrogen and oxygen atoms in total. The van der Waals surface area contributed by atoms with Crippen molar-refractivity contribution in [2.45, 2.75) is 51.4 Å². The zero-order valence-corrected chi connectivity index (χ0v) is 14.9. The molecule has 1 rings (SSSR count). The minimum atomic E-state index is -1.33. The van der Waals surface area contributed by atoms with Gasteiger partial charge in [0.2, 0.25) is 5.91 Å². The van der Waals surface area contributed by atoms with E-state index in [1.807, 2.05) is 0 Å². The van der Waals surface area contributed by atoms with Gasteiger partial charge in [-0.3, -0.25) is 14.4 Å². The van der Waals surface area contributed by atoms with Crippen LogP contribution in [0.3, 0.4) is 0 Å². The Kier molecular flexibility index (Phi) is 8.45. The van der Waals surface area contributed by atoms with Crippen molar-refractivity contribution in [3.63, 3.8) is 0 Å². The second kappa shape index (κ2) is 10.3. The third-order valence-corrected chi connectivity index (χ3v) is 3.35. The highest BCUT2D eigenvalue weighted by atomic mass is 16.6. The van der Waals surface area contributed by atoms with E-state index in [-0.39, 0.29) is 6.61 Å². The van der Waals surface area contributed by atoms with Crippen molar-refractivity contribution in [3.05, 3.63) is 10.4 Å². The number of hydrogen-bond acceptors (Lipinski definition) is 9. The number of nitrogens with one attached hydrogen (secondary N) is 1. The maximum absolute atomic E-state index is 11.5. The molecule has 2 N–H and O–H groups in total. The number of rotatable bonds is 8. The van der Waals surface area contributed by atoms with Gasteiger partial charge in [-0.2, -0.15) is 0 Å². The lowest BCUT2D eigenvalue weighted by Gasteiger charge is -2.44. The van der Waals surface area contributed by atoms with Gasteiger partial charge >= 0.3 is 17.9 Å². The molecule has 5 atom stereocenters. The largest absolute Gasteiger partial charge is 0.480 e. The number of ether oxygens (including phenoxy) is 4. The molecule has 1 saturated heterocycles. The van der Waals surface area contributed by atoms with Crippen molar-refractivity contribution in [3.8, 4) is 0 Å². The minimum Gasteiger partial charge on any atom is -0.480 e. The van der Waals surface area contributed by atoms with Crippen LogP contribution in [-0.2, 0) is 38.1 Å². The van der Waals surface area contributed by atoms with Crippen LogP contribution in [0.1, 0.15) is 20.8 Å². The van der Waals surface area contributed by atoms with Gasteiger partial charge in [0.1, 0.15) is 31.5 Å². The number of amides is 1. The fourth-order valence-electron chi connectivity index (χ4n) is 2.49. The van der Waals surface area contributed by atoms with Gasteiger partial charge in [-0.05, 0) is 5.53 Å². The number of esters is 2. The predicted molar refractivity (Wildman–Crippen MR) is 85.0 cm³/mol. The van der Waals surface area contributed by atoms with E-state index in [1.165, 1.54) is 6.92 Å². The quantitative estimate of drug-likeness (QED) is 0.239. The van der Waals surface area contributed by atoms with Crippen molar-refractivity contribution in [2.75, 3.05) is 13.2 Å². The summed E-state index contributed by atoms with van der Waals surface area (Å²) in [7, 11) is 0. The lowest BCUT2D eigenvalue weighted by atomic mass is 9.95. The van der Waals surface area contributed by atoms with Gasteiger partial charge in [0.05, 0.1) is 0 Å². The van der Waals surface area contributed by atoms with Crippen LogP contribution < -0.4 is 5.32 Å². The number of carboxylic acid groups (broad SMARTS) is 1. The number of azide groups is 1. The zero-order valence-electron chi connectivity index (χ0n) is 14.9. The Morgan fingerprint density at radius 3 is 2.33 bits per heavy atom. The Labute approximate surface area is 153 Å². The van der Waals surface area contributed by atoms with Crippen LogP contribution in [-0.4, -0.2) is 72.7 Å². The topological polar surface area (TPSA) is 186 Å². The maximum atomic E-state index is 11.5. The first-order valence-corrected chi connectivity index (χ1v) is 7.76. The average Bonchev–Trinajstić information content (AvgIpc) is 2.54. The van der Waals surface area contributed by atoms with Crippen LogP contribution >= 0.6 is 0 Å². The van der Waals surface area contributed by atoms with Gasteiger partial charge in [0.15, 0.2) is 12.3 Å². The zero-order chi connectivity index (χ0) is 20.6. The molecule has 13 heteroatoms. The molecule has 0 bridgehead atoms. The van der Waals surface area contributed by atoms with Gasteiger partial charge in [-0.25, -0.2) is 4.79 Å². The van der Waals surface area contributed by atoms with Gasteiger partial charge in [-0.1, -0.05) is 5.11 Å². The standard InChI is InChI=1S/C14H20N4O9/c1-6(19)16-11-13(26-8(3)21)12(25-5-10(22)23)9(4-24-7(2)20)27-14(11)17-18-15/h9,11-14H,4-5H2,1-3H3,(H,16,19)(H,22,23)/t9?,11-,12+,13?,14+/m0/s1. The Hall–Kier alpha value is -2.89. The molecular weight excluding hydrogens is 368 g/mol. The normalized spacial score (nSPS) is 27.0. The highest BCUT2D eigenvalue weighted by Crippen LogP contribution is 2.27. The van der Waals surface area contributed by atoms with E-state index in [4.69, 9.17) is 29.6 Å². The molecule has 150 valence electrons. The van der Waals surface area contributed by atoms with Crippen molar-refractivity contribution in [1.29, 1.82) is 0 Å². The molecule has 0 spiro atoms. The first-order chi connectivity index (χ1) is 12.6. The summed E-state index contributed by atoms with van der Waals surface area (Å²) < 4.78 is 20.8. The molecule has 1 fully saturated rings. The molecule has 1 aliphatic heterocycles. The first kappa shape index (κ1) is 22.2. The van der Waals surface area contributed by atoms with Gasteiger partial charge in [0, 0.05) is 25.7 Å². The van der Waals surface area contributed by atoms with E-state index in [0.29, 0.717) is 0 Å². The van der Waals surface area contributed by atoms with E-state index >= 15 is 0 Å². The summed E-state index contributed by atoms with van der Waals surface area (Å²) in [5.41, 5.74) is 8.75. The van der Waals surface area contributed by atoms with Crippen LogP contribution in [0.25, 0.3) is 10.4 Å². The van der Waals surface area contributed by atoms with Crippen molar-refractivity contribution >= 4 is 23.8 Å². The molecule has 2 unspecified atom stereocenters. The van der Waals surface area contributed by atoms with Gasteiger partial charge in [-0.15, -0.1) is 0 Å². The first-order valence-electron chi connectivity index (χ1n) is 7.76. The number of carbonyl (C=O) groups excluding carboxylic acids is 3. The summed E-state index contributed by atoms with van der Waals surface area (Å²) in [5.74, 6) is -3.26. The van der Waals surface area contributed by atoms with Crippen LogP contribution in [0.2, 0.25) is 0 Å². The predicted octanol–water partition coefficient (Wildman–Crippen LogP) is -0.509. The van der Waals surface area contributed by atoms with Gasteiger partial charge < -0.3 is 29.4 Å². The van der Waals surface area contributed by atoms with Crippen LogP contribution in [0.5, 0.6) is 0 Å². The number of hydrogen-bond donors (Lipinski definition) is 2. The van der Waals surface area contributed by atoms with E-state index in [9.17, 15) is 19.2 Å². The molecular formula is C14H20N4O9. The Bertz CT molecular complexity index is 634. The highest BCUT2D eigenvalue weighted by molar-refractivity contribution is 5.73. The summed E-state index contributed by atoms with van der Waals surface area (Å²) in [5, 5.41) is 14.7. The van der Waals surface area contributed by atoms with E-state index in [1.54, 1.807) is 0 Å². The van der Waals surface area contributed by atoms with Crippen molar-refractivity contribution < 1.29 is 43.2 Å². The molecule has 1 aliphatic rings. The second-order valence-corrected chi connectivity index (χ2v) is 5.54. The van der Waals surface area contributed by atoms with Gasteiger partial charge in [0.25, 0.3) is 0 Å². The third-order valence-electron chi connectivity index (χ3n) is 3.35. The summed E-state index contributed by atoms with van der Waals surface area (Å²) in [6.45, 7) is 2.25. The number of carboxylic acids is 1. The lowest BCUT2D eigenvalue weighted by molar-refractivity contribution is -0.224. The minimum absolute atomic E-state index is 0.387. The fraction of sp³-hybridized carbons (Fsp3) is 0.714. The van der Waals surface area contributed by atoms with Crippen LogP contribution in [0, 0.1) is 0 Å². The van der Waals surface area contributed by atoms with Crippen molar-refractivity contribution in [1.82, 2.24) is 5.32 Å². The molecule has 0 aromatic rings. The summed E-state index contributed by atoms with van der Waals surface area (Å²) in [6.07, 6.45) is -4.95. The van der Waals surface area contributed by atoms with E-state index in [0.717, 1.165) is 13.8 Å². The average molecular weight is 388 g/mol. The van der Waals surface area contributed by atoms with E-state index < -0.39 is 61.0 Å². The molecule has 27 heavy (non-hydrogen) atoms. The smallest absolute Gasteiger partial charge is 0.329 e. The molecule has 0 aromatic heterocycles. The van der Waals surface area contributed by atoms with Crippen molar-refractivity contribution in [2.24, 2.45) is 5.11 Å². The Morgan fingerprint density at radius 1 is 1.19 bits per heavy atom. The molecule has 1 heterocycles. The summed E-state index contributed by atoms with van der Waals surface area (Å²) in [6, 6.07) is -1.16. The Morgan fingerprint density at radius 2 is 1.85 bits per heavy atom. The number of nitrogens with zero attached hydrogens (tertiary/aromatic N) is 3.